The second kappa shape index (κ2) is 14.8. The van der Waals surface area contributed by atoms with Crippen LogP contribution in [0.1, 0.15) is 66.4 Å². The van der Waals surface area contributed by atoms with E-state index in [2.05, 4.69) is 42.5 Å². The topological polar surface area (TPSA) is 145 Å². The molecule has 0 saturated carbocycles. The highest BCUT2D eigenvalue weighted by molar-refractivity contribution is 5.83. The summed E-state index contributed by atoms with van der Waals surface area (Å²) in [5, 5.41) is 19.5. The van der Waals surface area contributed by atoms with Gasteiger partial charge in [0.15, 0.2) is 0 Å². The number of ether oxygens (including phenoxy) is 1. The Hall–Kier alpha value is -2.49. The van der Waals surface area contributed by atoms with Gasteiger partial charge < -0.3 is 26.6 Å². The number of fused-ring (bicyclic) bond motifs is 1. The number of aromatic nitrogens is 2. The van der Waals surface area contributed by atoms with Crippen molar-refractivity contribution >= 4 is 22.7 Å². The van der Waals surface area contributed by atoms with Crippen molar-refractivity contribution in [1.29, 1.82) is 0 Å². The summed E-state index contributed by atoms with van der Waals surface area (Å²) in [4.78, 5) is 24.6. The molecule has 0 bridgehead atoms. The van der Waals surface area contributed by atoms with Crippen LogP contribution in [0.2, 0.25) is 0 Å². The van der Waals surface area contributed by atoms with Crippen LogP contribution in [0.3, 0.4) is 0 Å². The van der Waals surface area contributed by atoms with Gasteiger partial charge in [0.05, 0.1) is 23.2 Å². The third-order valence-corrected chi connectivity index (χ3v) is 7.95. The van der Waals surface area contributed by atoms with E-state index in [1.807, 2.05) is 24.7 Å². The van der Waals surface area contributed by atoms with E-state index in [-0.39, 0.29) is 30.7 Å². The van der Waals surface area contributed by atoms with Crippen molar-refractivity contribution in [2.75, 3.05) is 20.3 Å². The summed E-state index contributed by atoms with van der Waals surface area (Å²) in [5.74, 6) is -0.454. The Morgan fingerprint density at radius 1 is 1.15 bits per heavy atom. The number of aryl methyl sites for hydroxylation is 1. The number of benzene rings is 1. The zero-order valence-electron chi connectivity index (χ0n) is 24.9. The number of rotatable bonds is 17. The smallest absolute Gasteiger partial charge is 0.224 e. The zero-order valence-corrected chi connectivity index (χ0v) is 24.9. The molecule has 0 aliphatic rings. The van der Waals surface area contributed by atoms with Crippen LogP contribution in [0.4, 0.5) is 0 Å². The molecule has 0 aliphatic heterocycles. The summed E-state index contributed by atoms with van der Waals surface area (Å²) in [6.07, 6.45) is 3.72. The van der Waals surface area contributed by atoms with Gasteiger partial charge in [-0.1, -0.05) is 39.8 Å². The molecule has 9 heteroatoms. The number of nitrogens with one attached hydrogen (secondary N) is 1. The normalized spacial score (nSPS) is 15.5. The Labute approximate surface area is 234 Å². The number of primary amides is 1. The molecule has 2 aromatic rings. The molecule has 6 N–H and O–H groups in total. The monoisotopic (exact) mass is 545 g/mol. The fraction of sp³-hybridized carbons (Fsp3) is 0.700. The number of methoxy groups -OCH3 is 1. The first-order chi connectivity index (χ1) is 18.3. The number of amides is 2. The molecular weight excluding hydrogens is 494 g/mol. The lowest BCUT2D eigenvalue weighted by Crippen LogP contribution is -2.46. The van der Waals surface area contributed by atoms with Crippen molar-refractivity contribution in [1.82, 2.24) is 15.1 Å². The molecule has 220 valence electrons. The highest BCUT2D eigenvalue weighted by Gasteiger charge is 2.32. The fourth-order valence-electron chi connectivity index (χ4n) is 4.82. The van der Waals surface area contributed by atoms with Gasteiger partial charge in [0, 0.05) is 44.2 Å². The minimum Gasteiger partial charge on any atom is -0.391 e. The molecule has 2 amide bonds. The molecule has 1 aromatic heterocycles. The van der Waals surface area contributed by atoms with Gasteiger partial charge >= 0.3 is 0 Å². The summed E-state index contributed by atoms with van der Waals surface area (Å²) in [6.45, 7) is 13.3. The molecular formula is C30H51N5O4. The summed E-state index contributed by atoms with van der Waals surface area (Å²) in [7, 11) is 1.71. The Morgan fingerprint density at radius 3 is 2.44 bits per heavy atom. The number of hydrogen-bond acceptors (Lipinski definition) is 6. The van der Waals surface area contributed by atoms with Crippen LogP contribution in [0.5, 0.6) is 0 Å². The van der Waals surface area contributed by atoms with Crippen LogP contribution in [0, 0.1) is 29.1 Å². The average Bonchev–Trinajstić information content (AvgIpc) is 3.27. The molecule has 0 fully saturated rings. The van der Waals surface area contributed by atoms with Crippen LogP contribution in [-0.4, -0.2) is 59.1 Å². The number of aliphatic hydroxyl groups excluding tert-OH is 1. The minimum atomic E-state index is -0.846. The van der Waals surface area contributed by atoms with Crippen molar-refractivity contribution < 1.29 is 19.4 Å². The third-order valence-electron chi connectivity index (χ3n) is 7.95. The molecule has 9 nitrogen and oxygen atoms in total. The van der Waals surface area contributed by atoms with E-state index in [9.17, 15) is 14.7 Å². The molecule has 1 aromatic carbocycles. The first-order valence-electron chi connectivity index (χ1n) is 14.2. The highest BCUT2D eigenvalue weighted by atomic mass is 16.5. The Kier molecular flexibility index (Phi) is 12.4. The van der Waals surface area contributed by atoms with E-state index in [0.717, 1.165) is 30.3 Å². The summed E-state index contributed by atoms with van der Waals surface area (Å²) < 4.78 is 7.21. The molecule has 0 aliphatic carbocycles. The van der Waals surface area contributed by atoms with Crippen LogP contribution in [0.25, 0.3) is 10.9 Å². The first kappa shape index (κ1) is 32.7. The summed E-state index contributed by atoms with van der Waals surface area (Å²) >= 11 is 0. The van der Waals surface area contributed by atoms with Crippen molar-refractivity contribution in [3.63, 3.8) is 0 Å². The maximum Gasteiger partial charge on any atom is 0.224 e. The van der Waals surface area contributed by atoms with Crippen molar-refractivity contribution in [3.8, 4) is 0 Å². The maximum atomic E-state index is 12.9. The number of aliphatic hydroxyl groups is 1. The van der Waals surface area contributed by atoms with Gasteiger partial charge in [0.2, 0.25) is 11.8 Å². The quantitative estimate of drug-likeness (QED) is 0.225. The van der Waals surface area contributed by atoms with E-state index in [0.29, 0.717) is 18.9 Å². The minimum absolute atomic E-state index is 0.00454. The number of carbonyl (C=O) groups excluding carboxylic acids is 2. The summed E-state index contributed by atoms with van der Waals surface area (Å²) in [6, 6.07) is 6.01. The molecule has 0 saturated heterocycles. The summed E-state index contributed by atoms with van der Waals surface area (Å²) in [5.41, 5.74) is 13.5. The van der Waals surface area contributed by atoms with Gasteiger partial charge in [-0.05, 0) is 68.9 Å². The Morgan fingerprint density at radius 2 is 1.85 bits per heavy atom. The van der Waals surface area contributed by atoms with Gasteiger partial charge in [-0.3, -0.25) is 14.3 Å². The van der Waals surface area contributed by atoms with Crippen molar-refractivity contribution in [2.24, 2.45) is 40.6 Å². The largest absolute Gasteiger partial charge is 0.391 e. The van der Waals surface area contributed by atoms with Gasteiger partial charge in [-0.25, -0.2) is 0 Å². The predicted molar refractivity (Wildman–Crippen MR) is 156 cm³/mol. The van der Waals surface area contributed by atoms with E-state index < -0.39 is 29.4 Å². The SMILES string of the molecule is COCCCn1ncc2ccc(C[C@@H](C[C@H](N)[C@H](O)C[C@H](C(=O)NCC(C)(C)C(N)=O)C(C)C)C(C)C)cc21. The van der Waals surface area contributed by atoms with Gasteiger partial charge in [-0.15, -0.1) is 0 Å². The van der Waals surface area contributed by atoms with Crippen molar-refractivity contribution in [3.05, 3.63) is 30.0 Å². The molecule has 0 spiro atoms. The molecule has 0 radical (unpaired) electrons. The zero-order chi connectivity index (χ0) is 29.3. The van der Waals surface area contributed by atoms with E-state index in [1.54, 1.807) is 21.0 Å². The lowest BCUT2D eigenvalue weighted by molar-refractivity contribution is -0.130. The molecule has 0 unspecified atom stereocenters. The second-order valence-corrected chi connectivity index (χ2v) is 12.3. The number of hydrogen-bond donors (Lipinski definition) is 4. The third kappa shape index (κ3) is 9.58. The highest BCUT2D eigenvalue weighted by Crippen LogP contribution is 2.27. The predicted octanol–water partition coefficient (Wildman–Crippen LogP) is 3.26. The lowest BCUT2D eigenvalue weighted by atomic mass is 9.80. The molecule has 2 rings (SSSR count). The maximum absolute atomic E-state index is 12.9. The van der Waals surface area contributed by atoms with Crippen LogP contribution >= 0.6 is 0 Å². The van der Waals surface area contributed by atoms with Crippen molar-refractivity contribution in [2.45, 2.75) is 85.9 Å². The fourth-order valence-corrected chi connectivity index (χ4v) is 4.82. The van der Waals surface area contributed by atoms with Gasteiger partial charge in [0.1, 0.15) is 0 Å². The number of carbonyl (C=O) groups is 2. The van der Waals surface area contributed by atoms with Crippen LogP contribution < -0.4 is 16.8 Å². The van der Waals surface area contributed by atoms with E-state index >= 15 is 0 Å². The van der Waals surface area contributed by atoms with Crippen LogP contribution in [-0.2, 0) is 27.3 Å². The molecule has 1 heterocycles. The number of nitrogens with zero attached hydrogens (tertiary/aromatic N) is 2. The van der Waals surface area contributed by atoms with E-state index in [4.69, 9.17) is 16.2 Å². The standard InChI is InChI=1S/C30H51N5O4/c1-19(2)23(13-21-9-10-22-17-34-35(26(22)14-21)11-8-12-39-7)15-25(31)27(36)16-24(20(3)4)28(37)33-18-30(5,6)29(32)38/h9-10,14,17,19-20,23-25,27,36H,8,11-13,15-16,18,31H2,1-7H3,(H2,32,38)(H,33,37)/t23-,24-,25-,27+/m0/s1. The average molecular weight is 546 g/mol. The van der Waals surface area contributed by atoms with Gasteiger partial charge in [-0.2, -0.15) is 5.10 Å². The first-order valence-corrected chi connectivity index (χ1v) is 14.2. The Balaban J connectivity index is 2.05. The number of nitrogens with two attached hydrogens (primary N) is 2. The van der Waals surface area contributed by atoms with Gasteiger partial charge in [0.25, 0.3) is 0 Å². The van der Waals surface area contributed by atoms with E-state index in [1.165, 1.54) is 5.56 Å². The second-order valence-electron chi connectivity index (χ2n) is 12.3. The Bertz CT molecular complexity index is 1060. The molecule has 4 atom stereocenters. The van der Waals surface area contributed by atoms with Crippen LogP contribution in [0.15, 0.2) is 24.4 Å². The lowest BCUT2D eigenvalue weighted by Gasteiger charge is -2.30. The molecule has 39 heavy (non-hydrogen) atoms.